The Morgan fingerprint density at radius 2 is 1.96 bits per heavy atom. The normalized spacial score (nSPS) is 19.8. The zero-order chi connectivity index (χ0) is 17.8. The molecule has 1 saturated heterocycles. The molecule has 136 valence electrons. The van der Waals surface area contributed by atoms with Crippen molar-refractivity contribution in [3.63, 3.8) is 0 Å². The highest BCUT2D eigenvalue weighted by molar-refractivity contribution is 5.68. The maximum absolute atomic E-state index is 12.5. The van der Waals surface area contributed by atoms with Gasteiger partial charge in [0.25, 0.3) is 0 Å². The summed E-state index contributed by atoms with van der Waals surface area (Å²) in [6, 6.07) is 14.5. The highest BCUT2D eigenvalue weighted by Gasteiger charge is 2.31. The van der Waals surface area contributed by atoms with Gasteiger partial charge in [0.2, 0.25) is 0 Å². The van der Waals surface area contributed by atoms with Crippen LogP contribution in [0.4, 0.5) is 10.6 Å². The molecular formula is C21H25N3O2. The van der Waals surface area contributed by atoms with E-state index in [9.17, 15) is 4.79 Å². The number of anilines is 1. The molecule has 1 unspecified atom stereocenters. The Morgan fingerprint density at radius 3 is 2.65 bits per heavy atom. The van der Waals surface area contributed by atoms with E-state index in [4.69, 9.17) is 4.74 Å². The summed E-state index contributed by atoms with van der Waals surface area (Å²) in [5.74, 6) is 0.926. The minimum atomic E-state index is -0.243. The average molecular weight is 351 g/mol. The first-order valence-corrected chi connectivity index (χ1v) is 9.49. The molecule has 4 rings (SSSR count). The summed E-state index contributed by atoms with van der Waals surface area (Å²) < 4.78 is 5.52. The van der Waals surface area contributed by atoms with E-state index in [0.717, 1.165) is 36.3 Å². The summed E-state index contributed by atoms with van der Waals surface area (Å²) in [6.45, 7) is 1.05. The fourth-order valence-corrected chi connectivity index (χ4v) is 3.58. The SMILES string of the molecule is O=C(OCc1ccccc1)N1CCCC1c1ccc(NC2CCC2)nc1. The summed E-state index contributed by atoms with van der Waals surface area (Å²) in [4.78, 5) is 18.9. The molecule has 2 heterocycles. The molecule has 1 saturated carbocycles. The molecule has 0 bridgehead atoms. The number of amides is 1. The van der Waals surface area contributed by atoms with Gasteiger partial charge in [0.15, 0.2) is 0 Å². The van der Waals surface area contributed by atoms with Crippen LogP contribution in [-0.4, -0.2) is 28.6 Å². The van der Waals surface area contributed by atoms with Crippen molar-refractivity contribution in [3.8, 4) is 0 Å². The van der Waals surface area contributed by atoms with Crippen molar-refractivity contribution in [1.29, 1.82) is 0 Å². The van der Waals surface area contributed by atoms with E-state index in [1.54, 1.807) is 0 Å². The fraction of sp³-hybridized carbons (Fsp3) is 0.429. The zero-order valence-corrected chi connectivity index (χ0v) is 14.9. The van der Waals surface area contributed by atoms with Crippen LogP contribution in [0.1, 0.15) is 49.3 Å². The number of rotatable bonds is 5. The zero-order valence-electron chi connectivity index (χ0n) is 14.9. The van der Waals surface area contributed by atoms with Crippen molar-refractivity contribution in [3.05, 3.63) is 59.8 Å². The average Bonchev–Trinajstić information content (AvgIpc) is 3.14. The number of nitrogens with zero attached hydrogens (tertiary/aromatic N) is 2. The molecule has 5 nitrogen and oxygen atoms in total. The first kappa shape index (κ1) is 16.9. The molecular weight excluding hydrogens is 326 g/mol. The number of likely N-dealkylation sites (tertiary alicyclic amines) is 1. The van der Waals surface area contributed by atoms with Crippen molar-refractivity contribution in [2.45, 2.75) is 50.8 Å². The van der Waals surface area contributed by atoms with Gasteiger partial charge in [0.05, 0.1) is 6.04 Å². The number of pyridine rings is 1. The molecule has 2 fully saturated rings. The Bertz CT molecular complexity index is 729. The third-order valence-electron chi connectivity index (χ3n) is 5.32. The van der Waals surface area contributed by atoms with Crippen LogP contribution < -0.4 is 5.32 Å². The van der Waals surface area contributed by atoms with Crippen LogP contribution in [0, 0.1) is 0 Å². The molecule has 1 atom stereocenters. The van der Waals surface area contributed by atoms with Crippen LogP contribution in [-0.2, 0) is 11.3 Å². The number of ether oxygens (including phenoxy) is 1. The summed E-state index contributed by atoms with van der Waals surface area (Å²) in [5.41, 5.74) is 2.09. The van der Waals surface area contributed by atoms with Gasteiger partial charge in [0, 0.05) is 18.8 Å². The van der Waals surface area contributed by atoms with Crippen molar-refractivity contribution < 1.29 is 9.53 Å². The summed E-state index contributed by atoms with van der Waals surface area (Å²) in [7, 11) is 0. The minimum absolute atomic E-state index is 0.0588. The van der Waals surface area contributed by atoms with Gasteiger partial charge < -0.3 is 15.0 Å². The number of hydrogen-bond acceptors (Lipinski definition) is 4. The number of benzene rings is 1. The molecule has 0 radical (unpaired) electrons. The van der Waals surface area contributed by atoms with E-state index in [0.29, 0.717) is 12.6 Å². The summed E-state index contributed by atoms with van der Waals surface area (Å²) in [5, 5.41) is 3.45. The van der Waals surface area contributed by atoms with E-state index in [1.807, 2.05) is 47.5 Å². The van der Waals surface area contributed by atoms with Crippen LogP contribution in [0.3, 0.4) is 0 Å². The van der Waals surface area contributed by atoms with Gasteiger partial charge in [-0.25, -0.2) is 9.78 Å². The first-order chi connectivity index (χ1) is 12.8. The topological polar surface area (TPSA) is 54.5 Å². The van der Waals surface area contributed by atoms with Crippen LogP contribution in [0.2, 0.25) is 0 Å². The Hall–Kier alpha value is -2.56. The Morgan fingerprint density at radius 1 is 1.12 bits per heavy atom. The highest BCUT2D eigenvalue weighted by atomic mass is 16.6. The predicted octanol–water partition coefficient (Wildman–Crippen LogP) is 4.52. The van der Waals surface area contributed by atoms with Crippen molar-refractivity contribution in [2.75, 3.05) is 11.9 Å². The lowest BCUT2D eigenvalue weighted by Crippen LogP contribution is -2.31. The Balaban J connectivity index is 1.36. The van der Waals surface area contributed by atoms with Gasteiger partial charge in [-0.1, -0.05) is 36.4 Å². The maximum Gasteiger partial charge on any atom is 0.410 e. The van der Waals surface area contributed by atoms with E-state index >= 15 is 0 Å². The first-order valence-electron chi connectivity index (χ1n) is 9.49. The molecule has 2 aliphatic rings. The molecule has 1 aliphatic heterocycles. The van der Waals surface area contributed by atoms with Crippen molar-refractivity contribution >= 4 is 11.9 Å². The van der Waals surface area contributed by atoms with Gasteiger partial charge in [-0.3, -0.25) is 0 Å². The number of carbonyl (C=O) groups is 1. The van der Waals surface area contributed by atoms with E-state index in [-0.39, 0.29) is 12.1 Å². The minimum Gasteiger partial charge on any atom is -0.445 e. The van der Waals surface area contributed by atoms with Gasteiger partial charge in [0.1, 0.15) is 12.4 Å². The van der Waals surface area contributed by atoms with Gasteiger partial charge in [-0.15, -0.1) is 0 Å². The van der Waals surface area contributed by atoms with Gasteiger partial charge in [-0.2, -0.15) is 0 Å². The summed E-state index contributed by atoms with van der Waals surface area (Å²) in [6.07, 6.45) is 7.37. The maximum atomic E-state index is 12.5. The van der Waals surface area contributed by atoms with Gasteiger partial charge >= 0.3 is 6.09 Å². The van der Waals surface area contributed by atoms with E-state index < -0.39 is 0 Å². The van der Waals surface area contributed by atoms with Crippen LogP contribution in [0.5, 0.6) is 0 Å². The second kappa shape index (κ2) is 7.77. The molecule has 1 amide bonds. The highest BCUT2D eigenvalue weighted by Crippen LogP contribution is 2.33. The van der Waals surface area contributed by atoms with Crippen molar-refractivity contribution in [1.82, 2.24) is 9.88 Å². The van der Waals surface area contributed by atoms with Crippen LogP contribution in [0.15, 0.2) is 48.7 Å². The lowest BCUT2D eigenvalue weighted by molar-refractivity contribution is 0.0920. The molecule has 1 aliphatic carbocycles. The van der Waals surface area contributed by atoms with Crippen LogP contribution >= 0.6 is 0 Å². The predicted molar refractivity (Wildman–Crippen MR) is 101 cm³/mol. The number of aromatic nitrogens is 1. The second-order valence-corrected chi connectivity index (χ2v) is 7.14. The molecule has 5 heteroatoms. The van der Waals surface area contributed by atoms with Gasteiger partial charge in [-0.05, 0) is 49.3 Å². The Kier molecular flexibility index (Phi) is 5.04. The smallest absolute Gasteiger partial charge is 0.410 e. The largest absolute Gasteiger partial charge is 0.445 e. The van der Waals surface area contributed by atoms with E-state index in [1.165, 1.54) is 19.3 Å². The monoisotopic (exact) mass is 351 g/mol. The third-order valence-corrected chi connectivity index (χ3v) is 5.32. The molecule has 0 spiro atoms. The van der Waals surface area contributed by atoms with Crippen LogP contribution in [0.25, 0.3) is 0 Å². The lowest BCUT2D eigenvalue weighted by Gasteiger charge is -2.27. The Labute approximate surface area is 154 Å². The third kappa shape index (κ3) is 3.82. The number of hydrogen-bond donors (Lipinski definition) is 1. The number of nitrogens with one attached hydrogen (secondary N) is 1. The fourth-order valence-electron chi connectivity index (χ4n) is 3.58. The molecule has 26 heavy (non-hydrogen) atoms. The second-order valence-electron chi connectivity index (χ2n) is 7.14. The lowest BCUT2D eigenvalue weighted by atomic mass is 9.93. The molecule has 1 N–H and O–H groups in total. The quantitative estimate of drug-likeness (QED) is 0.860. The number of carbonyl (C=O) groups excluding carboxylic acids is 1. The van der Waals surface area contributed by atoms with E-state index in [2.05, 4.69) is 16.4 Å². The summed E-state index contributed by atoms with van der Waals surface area (Å²) >= 11 is 0. The molecule has 1 aromatic carbocycles. The molecule has 1 aromatic heterocycles. The van der Waals surface area contributed by atoms with Crippen molar-refractivity contribution in [2.24, 2.45) is 0 Å². The standard InChI is InChI=1S/C21H25N3O2/c25-21(26-15-16-6-2-1-3-7-16)24-13-5-10-19(24)17-11-12-20(22-14-17)23-18-8-4-9-18/h1-3,6-7,11-12,14,18-19H,4-5,8-10,13,15H2,(H,22,23). The molecule has 2 aromatic rings.